The smallest absolute Gasteiger partial charge is 0.186 e. The molecule has 19 heteroatoms. The Morgan fingerprint density at radius 3 is 2.33 bits per heavy atom. The second-order valence-electron chi connectivity index (χ2n) is 12.9. The molecule has 4 rings (SSSR count). The largest absolute Gasteiger partial charge is 0.395 e. The van der Waals surface area contributed by atoms with Gasteiger partial charge in [0.2, 0.25) is 0 Å². The Balaban J connectivity index is 1.50. The van der Waals surface area contributed by atoms with Gasteiger partial charge in [0.15, 0.2) is 24.3 Å². The first-order chi connectivity index (χ1) is 21.7. The molecule has 19 N–H and O–H groups in total. The Kier molecular flexibility index (Phi) is 12.7. The van der Waals surface area contributed by atoms with Gasteiger partial charge in [-0.1, -0.05) is 0 Å². The minimum Gasteiger partial charge on any atom is -0.395 e. The molecule has 0 amide bonds. The Bertz CT molecular complexity index is 1040. The van der Waals surface area contributed by atoms with Crippen molar-refractivity contribution in [2.75, 3.05) is 26.3 Å². The highest BCUT2D eigenvalue weighted by atomic mass is 16.7. The van der Waals surface area contributed by atoms with Crippen LogP contribution in [0.4, 0.5) is 0 Å². The van der Waals surface area contributed by atoms with Gasteiger partial charge in [0.1, 0.15) is 36.1 Å². The third-order valence-electron chi connectivity index (χ3n) is 9.30. The summed E-state index contributed by atoms with van der Waals surface area (Å²) in [6.45, 7) is -0.0256. The van der Waals surface area contributed by atoms with Crippen molar-refractivity contribution in [1.82, 2.24) is 5.32 Å². The third-order valence-corrected chi connectivity index (χ3v) is 9.30. The fraction of sp³-hybridized carbons (Fsp3) is 0.926. The number of aliphatic hydroxyl groups is 6. The molecular formula is C27H52N8O11. The third kappa shape index (κ3) is 8.49. The number of aliphatic imine (C=N–C) groups is 1. The standard InChI is InChI=1S/C27H52N8O11/c28-11(8-36)6-34-7-12-1-2-13(29)24(43-12)46-23-14(30)3-10(4-17(38)27(42)5-16(27)35-26(32)33)22(21(23)41)45-25-20(40)18(31)19(39)15(9-37)44-25/h10-16,18-25,34,36-37,39-42H,1-9,28-31H2,(H4,32,33,35)/t10-,11?,12-,13+,14-,15+,16?,18-,19+,20+,21+,22-,23?,24+,25+,27?/m0/s1. The zero-order valence-electron chi connectivity index (χ0n) is 25.7. The first-order valence-corrected chi connectivity index (χ1v) is 15.6. The van der Waals surface area contributed by atoms with E-state index in [4.69, 9.17) is 58.5 Å². The number of hydrogen-bond donors (Lipinski definition) is 13. The molecule has 0 spiro atoms. The van der Waals surface area contributed by atoms with Gasteiger partial charge < -0.3 is 89.3 Å². The number of aliphatic hydroxyl groups excluding tert-OH is 5. The maximum Gasteiger partial charge on any atom is 0.186 e. The number of ketones is 1. The molecule has 16 atom stereocenters. The second-order valence-corrected chi connectivity index (χ2v) is 12.9. The van der Waals surface area contributed by atoms with E-state index in [1.165, 1.54) is 0 Å². The lowest BCUT2D eigenvalue weighted by atomic mass is 9.76. The van der Waals surface area contributed by atoms with E-state index in [0.717, 1.165) is 0 Å². The van der Waals surface area contributed by atoms with Crippen molar-refractivity contribution < 1.29 is 54.4 Å². The van der Waals surface area contributed by atoms with E-state index in [1.807, 2.05) is 0 Å². The Morgan fingerprint density at radius 1 is 0.978 bits per heavy atom. The van der Waals surface area contributed by atoms with Crippen LogP contribution in [0.5, 0.6) is 0 Å². The highest BCUT2D eigenvalue weighted by Crippen LogP contribution is 2.43. The molecule has 4 fully saturated rings. The molecular weight excluding hydrogens is 612 g/mol. The van der Waals surface area contributed by atoms with E-state index < -0.39 is 103 Å². The van der Waals surface area contributed by atoms with Gasteiger partial charge in [0, 0.05) is 38.0 Å². The Hall–Kier alpha value is -1.66. The SMILES string of the molecule is NC(N)=NC1CC1(O)C(=O)C[C@@H]1C[C@H](N)C(O[C@H]2O[C@H](CNCC(N)CO)CC[C@H]2N)[C@H](O)[C@H]1O[C@H]1O[C@H](CO)[C@@H](O)[C@H](N)[C@H]1O. The van der Waals surface area contributed by atoms with E-state index in [2.05, 4.69) is 10.3 Å². The zero-order chi connectivity index (χ0) is 33.9. The number of carbonyl (C=O) groups excluding carboxylic acids is 1. The second kappa shape index (κ2) is 15.7. The fourth-order valence-corrected chi connectivity index (χ4v) is 6.38. The number of rotatable bonds is 14. The topological polar surface area (TPSA) is 356 Å². The van der Waals surface area contributed by atoms with Gasteiger partial charge in [0.25, 0.3) is 0 Å². The summed E-state index contributed by atoms with van der Waals surface area (Å²) >= 11 is 0. The summed E-state index contributed by atoms with van der Waals surface area (Å²) in [6, 6.07) is -3.91. The molecule has 0 bridgehead atoms. The molecule has 0 aromatic carbocycles. The van der Waals surface area contributed by atoms with Gasteiger partial charge in [0.05, 0.1) is 43.5 Å². The number of carbonyl (C=O) groups is 1. The lowest BCUT2D eigenvalue weighted by molar-refractivity contribution is -0.318. The lowest BCUT2D eigenvalue weighted by Gasteiger charge is -2.48. The number of nitrogens with one attached hydrogen (secondary N) is 1. The summed E-state index contributed by atoms with van der Waals surface area (Å²) in [5, 5.41) is 65.5. The first-order valence-electron chi connectivity index (χ1n) is 15.6. The molecule has 2 heterocycles. The van der Waals surface area contributed by atoms with Crippen molar-refractivity contribution >= 4 is 11.7 Å². The molecule has 4 aliphatic rings. The quantitative estimate of drug-likeness (QED) is 0.0605. The van der Waals surface area contributed by atoms with Crippen LogP contribution in [0.1, 0.15) is 32.1 Å². The van der Waals surface area contributed by atoms with E-state index >= 15 is 0 Å². The molecule has 266 valence electrons. The molecule has 2 aliphatic carbocycles. The summed E-state index contributed by atoms with van der Waals surface area (Å²) < 4.78 is 23.9. The average molecular weight is 665 g/mol. The van der Waals surface area contributed by atoms with Gasteiger partial charge in [-0.3, -0.25) is 4.79 Å². The molecule has 2 aliphatic heterocycles. The van der Waals surface area contributed by atoms with Crippen LogP contribution in [-0.2, 0) is 23.7 Å². The normalized spacial score (nSPS) is 45.2. The van der Waals surface area contributed by atoms with E-state index in [-0.39, 0.29) is 37.9 Å². The van der Waals surface area contributed by atoms with Crippen molar-refractivity contribution in [1.29, 1.82) is 0 Å². The average Bonchev–Trinajstić information content (AvgIpc) is 3.67. The molecule has 4 unspecified atom stereocenters. The first kappa shape index (κ1) is 37.2. The fourth-order valence-electron chi connectivity index (χ4n) is 6.38. The summed E-state index contributed by atoms with van der Waals surface area (Å²) in [5.41, 5.74) is 33.5. The van der Waals surface area contributed by atoms with Crippen LogP contribution in [0, 0.1) is 5.92 Å². The molecule has 0 aromatic rings. The molecule has 46 heavy (non-hydrogen) atoms. The number of ether oxygens (including phenoxy) is 4. The van der Waals surface area contributed by atoms with Crippen molar-refractivity contribution in [3.63, 3.8) is 0 Å². The Morgan fingerprint density at radius 2 is 1.67 bits per heavy atom. The van der Waals surface area contributed by atoms with Crippen LogP contribution < -0.4 is 39.7 Å². The van der Waals surface area contributed by atoms with Crippen LogP contribution in [-0.4, -0.2) is 160 Å². The molecule has 19 nitrogen and oxygen atoms in total. The molecule has 0 aromatic heterocycles. The molecule has 0 radical (unpaired) electrons. The predicted molar refractivity (Wildman–Crippen MR) is 160 cm³/mol. The van der Waals surface area contributed by atoms with E-state index in [0.29, 0.717) is 25.9 Å². The van der Waals surface area contributed by atoms with Gasteiger partial charge in [-0.15, -0.1) is 0 Å². The van der Waals surface area contributed by atoms with Gasteiger partial charge in [-0.25, -0.2) is 4.99 Å². The summed E-state index contributed by atoms with van der Waals surface area (Å²) in [6.07, 6.45) is -9.94. The number of nitrogens with zero attached hydrogens (tertiary/aromatic N) is 1. The van der Waals surface area contributed by atoms with Crippen molar-refractivity contribution in [3.05, 3.63) is 0 Å². The Labute approximate surface area is 266 Å². The predicted octanol–water partition coefficient (Wildman–Crippen LogP) is -7.29. The number of nitrogens with two attached hydrogens (primary N) is 6. The monoisotopic (exact) mass is 664 g/mol. The highest BCUT2D eigenvalue weighted by molar-refractivity contribution is 5.92. The summed E-state index contributed by atoms with van der Waals surface area (Å²) in [4.78, 5) is 17.2. The maximum atomic E-state index is 13.3. The minimum absolute atomic E-state index is 0.0105. The molecule has 2 saturated heterocycles. The van der Waals surface area contributed by atoms with Crippen molar-refractivity contribution in [3.8, 4) is 0 Å². The highest BCUT2D eigenvalue weighted by Gasteiger charge is 2.60. The zero-order valence-corrected chi connectivity index (χ0v) is 25.7. The lowest BCUT2D eigenvalue weighted by Crippen LogP contribution is -2.66. The molecule has 2 saturated carbocycles. The van der Waals surface area contributed by atoms with Crippen LogP contribution in [0.25, 0.3) is 0 Å². The van der Waals surface area contributed by atoms with Crippen molar-refractivity contribution in [2.24, 2.45) is 45.3 Å². The van der Waals surface area contributed by atoms with Crippen LogP contribution in [0.15, 0.2) is 4.99 Å². The summed E-state index contributed by atoms with van der Waals surface area (Å²) in [5.74, 6) is -1.69. The number of hydrogen-bond acceptors (Lipinski definition) is 17. The summed E-state index contributed by atoms with van der Waals surface area (Å²) in [7, 11) is 0. The number of Topliss-reactive ketones (excluding diaryl/α,β-unsaturated/α-hetero) is 1. The van der Waals surface area contributed by atoms with Crippen molar-refractivity contribution in [2.45, 2.75) is 123 Å². The van der Waals surface area contributed by atoms with Gasteiger partial charge in [-0.05, 0) is 25.2 Å². The van der Waals surface area contributed by atoms with E-state index in [9.17, 15) is 30.3 Å². The maximum absolute atomic E-state index is 13.3. The minimum atomic E-state index is -1.81. The van der Waals surface area contributed by atoms with Crippen LogP contribution >= 0.6 is 0 Å². The van der Waals surface area contributed by atoms with Crippen LogP contribution in [0.2, 0.25) is 0 Å². The number of guanidine groups is 1. The van der Waals surface area contributed by atoms with Gasteiger partial charge in [-0.2, -0.15) is 0 Å². The van der Waals surface area contributed by atoms with E-state index in [1.54, 1.807) is 0 Å². The van der Waals surface area contributed by atoms with Crippen LogP contribution in [0.3, 0.4) is 0 Å². The van der Waals surface area contributed by atoms with Gasteiger partial charge >= 0.3 is 0 Å².